The Morgan fingerprint density at radius 1 is 1.02 bits per heavy atom. The standard InChI is InChI=1S/C37H42Cl2F2N6O4S/c1-36(2,3)51-33(49)29(8-7-15-44-34(42)43)46-32(48)21-16-27(39)25(28(41)17-21)20-52-35-45-19-31(47(35)24-12-10-23(40)11-13-24)37(4,5)22-9-14-26(38)30(18-22)50-6/h9-14,16-19,29H,7-8,15,20H2,1-6H3,(H,46,48)(H4,42,43,44)/t29-/m0/s1. The Bertz CT molecular complexity index is 1920. The summed E-state index contributed by atoms with van der Waals surface area (Å²) in [6.07, 6.45) is 2.26. The molecule has 0 aliphatic rings. The van der Waals surface area contributed by atoms with Gasteiger partial charge in [-0.2, -0.15) is 0 Å². The van der Waals surface area contributed by atoms with Gasteiger partial charge >= 0.3 is 5.97 Å². The topological polar surface area (TPSA) is 147 Å². The number of hydrogen-bond donors (Lipinski definition) is 3. The highest BCUT2D eigenvalue weighted by Crippen LogP contribution is 2.40. The Kier molecular flexibility index (Phi) is 13.2. The number of amides is 1. The fraction of sp³-hybridized carbons (Fsp3) is 0.351. The summed E-state index contributed by atoms with van der Waals surface area (Å²) in [6, 6.07) is 12.8. The zero-order valence-corrected chi connectivity index (χ0v) is 32.1. The van der Waals surface area contributed by atoms with Crippen molar-refractivity contribution in [2.75, 3.05) is 13.7 Å². The van der Waals surface area contributed by atoms with E-state index in [9.17, 15) is 14.0 Å². The lowest BCUT2D eigenvalue weighted by molar-refractivity contribution is -0.157. The molecule has 4 aromatic rings. The Balaban J connectivity index is 1.60. The summed E-state index contributed by atoms with van der Waals surface area (Å²) in [5.74, 6) is -2.02. The van der Waals surface area contributed by atoms with Crippen LogP contribution in [0.1, 0.15) is 74.6 Å². The van der Waals surface area contributed by atoms with Crippen LogP contribution in [0.5, 0.6) is 5.75 Å². The van der Waals surface area contributed by atoms with E-state index in [0.29, 0.717) is 28.0 Å². The molecule has 52 heavy (non-hydrogen) atoms. The second-order valence-corrected chi connectivity index (χ2v) is 15.2. The molecule has 278 valence electrons. The van der Waals surface area contributed by atoms with Crippen molar-refractivity contribution in [1.29, 1.82) is 0 Å². The largest absolute Gasteiger partial charge is 0.495 e. The molecule has 1 heterocycles. The quantitative estimate of drug-likeness (QED) is 0.0391. The number of benzene rings is 3. The van der Waals surface area contributed by atoms with Crippen LogP contribution in [0.15, 0.2) is 70.9 Å². The number of methoxy groups -OCH3 is 1. The normalized spacial score (nSPS) is 12.3. The van der Waals surface area contributed by atoms with Gasteiger partial charge in [0.05, 0.1) is 24.0 Å². The summed E-state index contributed by atoms with van der Waals surface area (Å²) in [5, 5.41) is 3.60. The number of guanidine groups is 1. The SMILES string of the molecule is COc1cc(C(C)(C)c2cnc(SCc3c(F)cc(C(=O)N[C@@H](CCCN=C(N)N)C(=O)OC(C)(C)C)cc3Cl)n2-c2ccc(F)cc2)ccc1Cl. The van der Waals surface area contributed by atoms with Crippen LogP contribution >= 0.6 is 35.0 Å². The Hall–Kier alpha value is -4.33. The minimum absolute atomic E-state index is 0.00734. The van der Waals surface area contributed by atoms with Crippen molar-refractivity contribution in [2.45, 2.75) is 75.4 Å². The van der Waals surface area contributed by atoms with E-state index in [1.807, 2.05) is 30.5 Å². The fourth-order valence-corrected chi connectivity index (χ4v) is 6.86. The molecule has 15 heteroatoms. The summed E-state index contributed by atoms with van der Waals surface area (Å²) in [4.78, 5) is 34.8. The number of imidazole rings is 1. The smallest absolute Gasteiger partial charge is 0.329 e. The van der Waals surface area contributed by atoms with E-state index in [4.69, 9.17) is 44.1 Å². The van der Waals surface area contributed by atoms with Crippen LogP contribution in [0.3, 0.4) is 0 Å². The van der Waals surface area contributed by atoms with Crippen molar-refractivity contribution < 1.29 is 27.8 Å². The number of ether oxygens (including phenoxy) is 2. The molecule has 0 radical (unpaired) electrons. The Labute approximate surface area is 316 Å². The molecule has 0 unspecified atom stereocenters. The van der Waals surface area contributed by atoms with E-state index in [1.54, 1.807) is 52.3 Å². The second-order valence-electron chi connectivity index (χ2n) is 13.4. The number of aliphatic imine (C=N–C) groups is 1. The maximum Gasteiger partial charge on any atom is 0.329 e. The summed E-state index contributed by atoms with van der Waals surface area (Å²) in [5.41, 5.74) is 11.7. The van der Waals surface area contributed by atoms with E-state index in [0.717, 1.165) is 17.3 Å². The molecule has 5 N–H and O–H groups in total. The average molecular weight is 776 g/mol. The number of hydrogen-bond acceptors (Lipinski definition) is 7. The Morgan fingerprint density at radius 3 is 2.33 bits per heavy atom. The summed E-state index contributed by atoms with van der Waals surface area (Å²) in [7, 11) is 1.54. The van der Waals surface area contributed by atoms with Crippen LogP contribution in [0, 0.1) is 11.6 Å². The fourth-order valence-electron chi connectivity index (χ4n) is 5.29. The van der Waals surface area contributed by atoms with Crippen molar-refractivity contribution in [1.82, 2.24) is 14.9 Å². The number of aromatic nitrogens is 2. The van der Waals surface area contributed by atoms with Gasteiger partial charge in [0.25, 0.3) is 5.91 Å². The van der Waals surface area contributed by atoms with Gasteiger partial charge in [-0.05, 0) is 87.7 Å². The molecule has 1 atom stereocenters. The predicted molar refractivity (Wildman–Crippen MR) is 202 cm³/mol. The van der Waals surface area contributed by atoms with Gasteiger partial charge in [-0.3, -0.25) is 14.4 Å². The molecule has 0 aliphatic carbocycles. The van der Waals surface area contributed by atoms with Gasteiger partial charge < -0.3 is 26.3 Å². The predicted octanol–water partition coefficient (Wildman–Crippen LogP) is 7.58. The first-order valence-corrected chi connectivity index (χ1v) is 18.0. The first-order valence-electron chi connectivity index (χ1n) is 16.3. The minimum atomic E-state index is -1.05. The van der Waals surface area contributed by atoms with Gasteiger partial charge in [0.15, 0.2) is 11.1 Å². The zero-order valence-electron chi connectivity index (χ0n) is 29.7. The van der Waals surface area contributed by atoms with Crippen LogP contribution in [0.25, 0.3) is 5.69 Å². The first kappa shape index (κ1) is 40.4. The molecule has 0 saturated carbocycles. The minimum Gasteiger partial charge on any atom is -0.495 e. The molecule has 1 aromatic heterocycles. The molecule has 0 spiro atoms. The number of halogens is 4. The molecule has 3 aromatic carbocycles. The Morgan fingerprint density at radius 2 is 1.71 bits per heavy atom. The molecular weight excluding hydrogens is 733 g/mol. The van der Waals surface area contributed by atoms with Crippen LogP contribution in [0.4, 0.5) is 8.78 Å². The highest BCUT2D eigenvalue weighted by Gasteiger charge is 2.31. The summed E-state index contributed by atoms with van der Waals surface area (Å²) >= 11 is 14.1. The van der Waals surface area contributed by atoms with Crippen molar-refractivity contribution in [2.24, 2.45) is 16.5 Å². The van der Waals surface area contributed by atoms with Crippen LogP contribution in [-0.2, 0) is 20.7 Å². The van der Waals surface area contributed by atoms with E-state index < -0.39 is 40.6 Å². The monoisotopic (exact) mass is 774 g/mol. The lowest BCUT2D eigenvalue weighted by Gasteiger charge is -2.28. The lowest BCUT2D eigenvalue weighted by atomic mass is 9.81. The molecular formula is C37H42Cl2F2N6O4S. The average Bonchev–Trinajstić information content (AvgIpc) is 3.50. The van der Waals surface area contributed by atoms with Crippen molar-refractivity contribution in [3.8, 4) is 11.4 Å². The van der Waals surface area contributed by atoms with Crippen LogP contribution in [0.2, 0.25) is 10.0 Å². The number of nitrogens with zero attached hydrogens (tertiary/aromatic N) is 3. The first-order chi connectivity index (χ1) is 24.4. The molecule has 0 fully saturated rings. The molecule has 4 rings (SSSR count). The number of thioether (sulfide) groups is 1. The number of carbonyl (C=O) groups is 2. The van der Waals surface area contributed by atoms with Gasteiger partial charge in [-0.15, -0.1) is 0 Å². The van der Waals surface area contributed by atoms with Crippen LogP contribution in [-0.4, -0.2) is 52.7 Å². The highest BCUT2D eigenvalue weighted by atomic mass is 35.5. The van der Waals surface area contributed by atoms with Gasteiger partial charge in [-0.1, -0.05) is 54.9 Å². The number of nitrogens with two attached hydrogens (primary N) is 2. The number of esters is 1. The lowest BCUT2D eigenvalue weighted by Crippen LogP contribution is -2.44. The molecule has 1 amide bonds. The van der Waals surface area contributed by atoms with Gasteiger partial charge in [0.2, 0.25) is 0 Å². The highest BCUT2D eigenvalue weighted by molar-refractivity contribution is 7.98. The summed E-state index contributed by atoms with van der Waals surface area (Å²) in [6.45, 7) is 9.38. The zero-order chi connectivity index (χ0) is 38.4. The van der Waals surface area contributed by atoms with Gasteiger partial charge in [0.1, 0.15) is 29.0 Å². The van der Waals surface area contributed by atoms with Gasteiger partial charge in [0, 0.05) is 39.5 Å². The van der Waals surface area contributed by atoms with Gasteiger partial charge in [-0.25, -0.2) is 18.6 Å². The van der Waals surface area contributed by atoms with E-state index in [-0.39, 0.29) is 40.8 Å². The molecule has 0 saturated heterocycles. The van der Waals surface area contributed by atoms with E-state index >= 15 is 4.39 Å². The maximum atomic E-state index is 15.7. The summed E-state index contributed by atoms with van der Waals surface area (Å²) < 4.78 is 42.5. The molecule has 10 nitrogen and oxygen atoms in total. The third kappa shape index (κ3) is 10.2. The van der Waals surface area contributed by atoms with E-state index in [2.05, 4.69) is 15.3 Å². The number of carbonyl (C=O) groups excluding carboxylic acids is 2. The van der Waals surface area contributed by atoms with Crippen molar-refractivity contribution in [3.05, 3.63) is 105 Å². The third-order valence-electron chi connectivity index (χ3n) is 8.02. The van der Waals surface area contributed by atoms with Crippen LogP contribution < -0.4 is 21.5 Å². The second kappa shape index (κ2) is 17.0. The molecule has 0 aliphatic heterocycles. The maximum absolute atomic E-state index is 15.7. The van der Waals surface area contributed by atoms with Crippen molar-refractivity contribution >= 4 is 52.8 Å². The van der Waals surface area contributed by atoms with E-state index in [1.165, 1.54) is 30.0 Å². The molecule has 0 bridgehead atoms. The van der Waals surface area contributed by atoms with Crippen molar-refractivity contribution in [3.63, 3.8) is 0 Å². The third-order valence-corrected chi connectivity index (χ3v) is 9.65. The number of nitrogens with one attached hydrogen (secondary N) is 1. The number of rotatable bonds is 14.